The maximum absolute atomic E-state index is 4.79. The number of nitrogens with zero attached hydrogens (tertiary/aromatic N) is 5. The van der Waals surface area contributed by atoms with E-state index in [1.165, 1.54) is 99.3 Å². The van der Waals surface area contributed by atoms with Crippen LogP contribution in [0.5, 0.6) is 0 Å². The Morgan fingerprint density at radius 2 is 0.522 bits per heavy atom. The fraction of sp³-hybridized carbons (Fsp3) is 0.118. The molecule has 5 nitrogen and oxygen atoms in total. The van der Waals surface area contributed by atoms with Crippen molar-refractivity contribution in [2.45, 2.75) is 69.2 Å². The van der Waals surface area contributed by atoms with Crippen molar-refractivity contribution in [3.63, 3.8) is 0 Å². The number of aromatic nitrogens is 5. The highest BCUT2D eigenvalue weighted by atomic mass is 14.7. The van der Waals surface area contributed by atoms with E-state index >= 15 is 0 Å². The SMILES string of the molecule is Cc1cc(C)cc(-c2cc(C)c3ccccc3n2)c1.Cc1cc(C)cc(-c2ccc3c(C)cccc3n2)c1.Cc1ccc2nc(-c3ccccc3)ccc2c1.Cc1cccc(-c2ccc3c(C)cccc3n2)c1.Cc1cccc2nc(-c3ccccc3)ccc12. The van der Waals surface area contributed by atoms with Gasteiger partial charge in [-0.15, -0.1) is 0 Å². The van der Waals surface area contributed by atoms with Gasteiger partial charge in [0.05, 0.1) is 56.1 Å². The van der Waals surface area contributed by atoms with Crippen LogP contribution in [0.1, 0.15) is 55.6 Å². The van der Waals surface area contributed by atoms with Gasteiger partial charge in [-0.25, -0.2) is 24.9 Å². The van der Waals surface area contributed by atoms with Gasteiger partial charge in [-0.2, -0.15) is 0 Å². The molecule has 0 amide bonds. The maximum Gasteiger partial charge on any atom is 0.0712 e. The molecule has 0 saturated heterocycles. The summed E-state index contributed by atoms with van der Waals surface area (Å²) in [6, 6.07) is 94.8. The monoisotopic (exact) mass is 1170 g/mol. The molecule has 5 aromatic heterocycles. The van der Waals surface area contributed by atoms with E-state index < -0.39 is 0 Å². The lowest BCUT2D eigenvalue weighted by atomic mass is 10.0. The van der Waals surface area contributed by atoms with Gasteiger partial charge >= 0.3 is 0 Å². The minimum atomic E-state index is 1.03. The molecule has 0 aliphatic rings. The van der Waals surface area contributed by atoms with Crippen LogP contribution < -0.4 is 0 Å². The first kappa shape index (κ1) is 60.9. The molecule has 90 heavy (non-hydrogen) atoms. The molecule has 0 bridgehead atoms. The third-order valence-electron chi connectivity index (χ3n) is 16.1. The highest BCUT2D eigenvalue weighted by Crippen LogP contribution is 2.29. The van der Waals surface area contributed by atoms with E-state index in [1.807, 2.05) is 42.5 Å². The van der Waals surface area contributed by atoms with E-state index in [4.69, 9.17) is 19.9 Å². The smallest absolute Gasteiger partial charge is 0.0712 e. The van der Waals surface area contributed by atoms with Crippen LogP contribution in [-0.2, 0) is 0 Å². The first-order valence-electron chi connectivity index (χ1n) is 30.9. The van der Waals surface area contributed by atoms with E-state index in [1.54, 1.807) is 0 Å². The van der Waals surface area contributed by atoms with E-state index in [9.17, 15) is 0 Å². The topological polar surface area (TPSA) is 64.5 Å². The van der Waals surface area contributed by atoms with Crippen LogP contribution in [0.3, 0.4) is 0 Å². The first-order valence-corrected chi connectivity index (χ1v) is 30.9. The van der Waals surface area contributed by atoms with Crippen LogP contribution in [-0.4, -0.2) is 24.9 Å². The normalized spacial score (nSPS) is 10.8. The lowest BCUT2D eigenvalue weighted by Crippen LogP contribution is -1.90. The zero-order valence-electron chi connectivity index (χ0n) is 53.2. The molecule has 440 valence electrons. The summed E-state index contributed by atoms with van der Waals surface area (Å²) in [5.41, 5.74) is 29.2. The van der Waals surface area contributed by atoms with Gasteiger partial charge in [-0.05, 0) is 189 Å². The molecule has 0 atom stereocenters. The van der Waals surface area contributed by atoms with E-state index in [0.717, 1.165) is 67.2 Å². The molecule has 0 aliphatic heterocycles. The fourth-order valence-corrected chi connectivity index (χ4v) is 11.6. The summed E-state index contributed by atoms with van der Waals surface area (Å²) < 4.78 is 0. The molecule has 0 spiro atoms. The van der Waals surface area contributed by atoms with Crippen molar-refractivity contribution < 1.29 is 0 Å². The summed E-state index contributed by atoms with van der Waals surface area (Å²) in [6.45, 7) is 21.2. The van der Waals surface area contributed by atoms with Crippen molar-refractivity contribution in [1.82, 2.24) is 24.9 Å². The molecule has 15 aromatic rings. The third-order valence-corrected chi connectivity index (χ3v) is 16.1. The number of rotatable bonds is 5. The Bertz CT molecular complexity index is 4950. The van der Waals surface area contributed by atoms with Crippen molar-refractivity contribution in [3.05, 3.63) is 329 Å². The number of aryl methyl sites for hydroxylation is 10. The molecule has 10 aromatic carbocycles. The van der Waals surface area contributed by atoms with Gasteiger partial charge in [-0.3, -0.25) is 0 Å². The summed E-state index contributed by atoms with van der Waals surface area (Å²) in [4.78, 5) is 23.7. The molecule has 0 fully saturated rings. The largest absolute Gasteiger partial charge is 0.248 e. The third kappa shape index (κ3) is 15.0. The standard InChI is InChI=1S/2C18H17N.C17H15N.2C16H13N/c1-12-9-13(2)11-15(10-12)17-8-7-16-14(3)5-4-6-18(16)19-17;1-12-8-13(2)10-15(9-12)18-11-14(3)16-6-4-5-7-17(16)19-18;1-12-5-3-7-14(11-12)16-10-9-15-13(2)6-4-8-17(15)18-16;1-12-6-5-9-16-14(12)10-11-15(17-16)13-7-3-2-4-8-13;1-12-7-9-16-14(11-12)8-10-15(17-16)13-5-3-2-4-6-13/h2*4-11H,1-3H3;3-11H,1-2H3;2*2-11H,1H3. The first-order chi connectivity index (χ1) is 43.7. The molecule has 5 heteroatoms. The highest BCUT2D eigenvalue weighted by molar-refractivity contribution is 5.88. The number of para-hydroxylation sites is 1. The Kier molecular flexibility index (Phi) is 18.9. The van der Waals surface area contributed by atoms with Gasteiger partial charge in [0.15, 0.2) is 0 Å². The van der Waals surface area contributed by atoms with E-state index in [-0.39, 0.29) is 0 Å². The zero-order valence-corrected chi connectivity index (χ0v) is 53.2. The lowest BCUT2D eigenvalue weighted by molar-refractivity contribution is 1.33. The minimum absolute atomic E-state index is 1.03. The van der Waals surface area contributed by atoms with Crippen LogP contribution >= 0.6 is 0 Å². The van der Waals surface area contributed by atoms with Crippen molar-refractivity contribution in [2.75, 3.05) is 0 Å². The summed E-state index contributed by atoms with van der Waals surface area (Å²) in [7, 11) is 0. The highest BCUT2D eigenvalue weighted by Gasteiger charge is 2.09. The van der Waals surface area contributed by atoms with E-state index in [2.05, 4.69) is 305 Å². The molecule has 0 radical (unpaired) electrons. The fourth-order valence-electron chi connectivity index (χ4n) is 11.6. The lowest BCUT2D eigenvalue weighted by Gasteiger charge is -2.08. The van der Waals surface area contributed by atoms with Crippen molar-refractivity contribution >= 4 is 54.5 Å². The Balaban J connectivity index is 0.000000116. The Morgan fingerprint density at radius 1 is 0.178 bits per heavy atom. The van der Waals surface area contributed by atoms with Gasteiger partial charge < -0.3 is 0 Å². The van der Waals surface area contributed by atoms with Gasteiger partial charge in [0.25, 0.3) is 0 Å². The number of pyridine rings is 5. The average molecular weight is 1170 g/mol. The summed E-state index contributed by atoms with van der Waals surface area (Å²) in [5, 5.41) is 6.12. The summed E-state index contributed by atoms with van der Waals surface area (Å²) in [6.07, 6.45) is 0. The minimum Gasteiger partial charge on any atom is -0.248 e. The number of benzene rings is 10. The summed E-state index contributed by atoms with van der Waals surface area (Å²) in [5.74, 6) is 0. The zero-order chi connectivity index (χ0) is 62.7. The van der Waals surface area contributed by atoms with Crippen molar-refractivity contribution in [3.8, 4) is 56.3 Å². The molecule has 5 heterocycles. The summed E-state index contributed by atoms with van der Waals surface area (Å²) >= 11 is 0. The predicted octanol–water partition coefficient (Wildman–Crippen LogP) is 22.6. The number of hydrogen-bond donors (Lipinski definition) is 0. The Hall–Kier alpha value is -10.8. The second-order valence-corrected chi connectivity index (χ2v) is 23.6. The molecule has 0 unspecified atom stereocenters. The van der Waals surface area contributed by atoms with Gasteiger partial charge in [0.2, 0.25) is 0 Å². The molecule has 0 aliphatic carbocycles. The van der Waals surface area contributed by atoms with Crippen LogP contribution in [0.2, 0.25) is 0 Å². The Morgan fingerprint density at radius 3 is 1.01 bits per heavy atom. The maximum atomic E-state index is 4.79. The van der Waals surface area contributed by atoms with Gasteiger partial charge in [0, 0.05) is 54.7 Å². The molecular weight excluding hydrogens is 1090 g/mol. The van der Waals surface area contributed by atoms with Crippen LogP contribution in [0.4, 0.5) is 0 Å². The van der Waals surface area contributed by atoms with Gasteiger partial charge in [0.1, 0.15) is 0 Å². The quantitative estimate of drug-likeness (QED) is 0.172. The second kappa shape index (κ2) is 28.0. The number of fused-ring (bicyclic) bond motifs is 5. The van der Waals surface area contributed by atoms with E-state index in [0.29, 0.717) is 0 Å². The predicted molar refractivity (Wildman–Crippen MR) is 383 cm³/mol. The Labute approximate surface area is 530 Å². The molecular formula is C85H75N5. The number of hydrogen-bond acceptors (Lipinski definition) is 5. The van der Waals surface area contributed by atoms with Gasteiger partial charge in [-0.1, -0.05) is 209 Å². The van der Waals surface area contributed by atoms with Crippen LogP contribution in [0.15, 0.2) is 273 Å². The van der Waals surface area contributed by atoms with Crippen LogP contribution in [0, 0.1) is 69.2 Å². The molecule has 15 rings (SSSR count). The second-order valence-electron chi connectivity index (χ2n) is 23.6. The average Bonchev–Trinajstić information content (AvgIpc) is 3.75. The van der Waals surface area contributed by atoms with Crippen molar-refractivity contribution in [1.29, 1.82) is 0 Å². The molecule has 0 saturated carbocycles. The van der Waals surface area contributed by atoms with Crippen molar-refractivity contribution in [2.24, 2.45) is 0 Å². The van der Waals surface area contributed by atoms with Crippen LogP contribution in [0.25, 0.3) is 111 Å². The molecule has 0 N–H and O–H groups in total.